The lowest BCUT2D eigenvalue weighted by molar-refractivity contribution is 0.336. The highest BCUT2D eigenvalue weighted by molar-refractivity contribution is 6.16. The molecule has 0 saturated carbocycles. The first-order valence-corrected chi connectivity index (χ1v) is 7.42. The van der Waals surface area contributed by atoms with Crippen molar-refractivity contribution >= 4 is 22.8 Å². The van der Waals surface area contributed by atoms with Gasteiger partial charge in [0.2, 0.25) is 0 Å². The Hall–Kier alpha value is -1.29. The summed E-state index contributed by atoms with van der Waals surface area (Å²) in [5.41, 5.74) is 1.84. The van der Waals surface area contributed by atoms with E-state index < -0.39 is 0 Å². The number of piperidine rings is 1. The zero-order valence-corrected chi connectivity index (χ0v) is 12.1. The summed E-state index contributed by atoms with van der Waals surface area (Å²) in [4.78, 5) is 9.10. The molecule has 19 heavy (non-hydrogen) atoms. The molecule has 0 amide bonds. The molecule has 2 aromatic heterocycles. The molecule has 3 rings (SSSR count). The van der Waals surface area contributed by atoms with Gasteiger partial charge in [-0.2, -0.15) is 0 Å². The molecule has 0 radical (unpaired) electrons. The molecule has 3 heterocycles. The van der Waals surface area contributed by atoms with Gasteiger partial charge in [-0.25, -0.2) is 14.6 Å². The number of pyridine rings is 1. The van der Waals surface area contributed by atoms with Crippen molar-refractivity contribution < 1.29 is 0 Å². The molecule has 1 saturated heterocycles. The van der Waals surface area contributed by atoms with Crippen LogP contribution in [0.3, 0.4) is 0 Å². The van der Waals surface area contributed by atoms with Gasteiger partial charge in [0.25, 0.3) is 0 Å². The summed E-state index contributed by atoms with van der Waals surface area (Å²) in [7, 11) is 0. The number of imidazole rings is 1. The third-order valence-electron chi connectivity index (χ3n) is 3.96. The molecule has 0 spiro atoms. The maximum atomic E-state index is 6.08. The summed E-state index contributed by atoms with van der Waals surface area (Å²) >= 11 is 6.08. The van der Waals surface area contributed by atoms with Gasteiger partial charge in [-0.3, -0.25) is 0 Å². The minimum absolute atomic E-state index is 0.409. The van der Waals surface area contributed by atoms with Gasteiger partial charge in [0.05, 0.1) is 5.88 Å². The first-order valence-electron chi connectivity index (χ1n) is 6.89. The summed E-state index contributed by atoms with van der Waals surface area (Å²) in [6.45, 7) is 4.53. The number of nitrogens with zero attached hydrogens (tertiary/aromatic N) is 4. The molecule has 0 bridgehead atoms. The van der Waals surface area contributed by atoms with Crippen LogP contribution in [0.15, 0.2) is 18.3 Å². The van der Waals surface area contributed by atoms with Crippen molar-refractivity contribution in [3.05, 3.63) is 24.2 Å². The minimum atomic E-state index is 0.409. The van der Waals surface area contributed by atoms with Crippen molar-refractivity contribution in [1.29, 1.82) is 0 Å². The van der Waals surface area contributed by atoms with Gasteiger partial charge in [-0.05, 0) is 45.2 Å². The summed E-state index contributed by atoms with van der Waals surface area (Å²) in [6, 6.07) is 4.89. The Bertz CT molecular complexity index is 570. The number of halogens is 1. The van der Waals surface area contributed by atoms with Crippen molar-refractivity contribution in [2.45, 2.75) is 51.1 Å². The topological polar surface area (TPSA) is 34.0 Å². The van der Waals surface area contributed by atoms with Crippen LogP contribution in [0.2, 0.25) is 0 Å². The molecular formula is C14H19ClN4. The van der Waals surface area contributed by atoms with Crippen molar-refractivity contribution in [3.8, 4) is 0 Å². The second-order valence-corrected chi connectivity index (χ2v) is 5.60. The molecule has 1 aliphatic rings. The predicted molar refractivity (Wildman–Crippen MR) is 78.1 cm³/mol. The maximum absolute atomic E-state index is 6.08. The van der Waals surface area contributed by atoms with E-state index in [9.17, 15) is 0 Å². The third-order valence-corrected chi connectivity index (χ3v) is 4.20. The Morgan fingerprint density at radius 1 is 1.32 bits per heavy atom. The van der Waals surface area contributed by atoms with Gasteiger partial charge in [0.15, 0.2) is 5.65 Å². The monoisotopic (exact) mass is 278 g/mol. The standard InChI is InChI=1S/C14H19ClN4/c1-10-5-3-6-11(2)18(10)19-13(9-15)17-12-7-4-8-16-14(12)19/h4,7-8,10-11H,3,5-6,9H2,1-2H3. The van der Waals surface area contributed by atoms with Crippen LogP contribution in [0.4, 0.5) is 0 Å². The van der Waals surface area contributed by atoms with Crippen LogP contribution < -0.4 is 5.01 Å². The van der Waals surface area contributed by atoms with E-state index >= 15 is 0 Å². The Labute approximate surface area is 118 Å². The lowest BCUT2D eigenvalue weighted by Crippen LogP contribution is -2.51. The lowest BCUT2D eigenvalue weighted by Gasteiger charge is -2.41. The van der Waals surface area contributed by atoms with Gasteiger partial charge < -0.3 is 5.01 Å². The molecule has 2 aromatic rings. The highest BCUT2D eigenvalue weighted by Crippen LogP contribution is 2.25. The number of hydrogen-bond acceptors (Lipinski definition) is 3. The number of hydrogen-bond donors (Lipinski definition) is 0. The number of rotatable bonds is 2. The van der Waals surface area contributed by atoms with Crippen molar-refractivity contribution in [2.75, 3.05) is 5.01 Å². The Morgan fingerprint density at radius 3 is 2.74 bits per heavy atom. The summed E-state index contributed by atoms with van der Waals surface area (Å²) in [5, 5.41) is 2.39. The second-order valence-electron chi connectivity index (χ2n) is 5.33. The zero-order valence-electron chi connectivity index (χ0n) is 11.4. The van der Waals surface area contributed by atoms with Gasteiger partial charge >= 0.3 is 0 Å². The first kappa shape index (κ1) is 12.7. The van der Waals surface area contributed by atoms with Gasteiger partial charge in [-0.1, -0.05) is 0 Å². The van der Waals surface area contributed by atoms with Crippen molar-refractivity contribution in [1.82, 2.24) is 14.6 Å². The summed E-state index contributed by atoms with van der Waals surface area (Å²) < 4.78 is 2.14. The number of alkyl halides is 1. The Kier molecular flexibility index (Phi) is 3.35. The average Bonchev–Trinajstić information content (AvgIpc) is 2.77. The smallest absolute Gasteiger partial charge is 0.179 e. The fraction of sp³-hybridized carbons (Fsp3) is 0.571. The van der Waals surface area contributed by atoms with E-state index in [0.717, 1.165) is 17.0 Å². The largest absolute Gasteiger partial charge is 0.304 e. The molecule has 5 heteroatoms. The van der Waals surface area contributed by atoms with E-state index in [1.54, 1.807) is 0 Å². The SMILES string of the molecule is CC1CCCC(C)N1n1c(CCl)nc2cccnc21. The molecule has 102 valence electrons. The van der Waals surface area contributed by atoms with Crippen LogP contribution in [-0.2, 0) is 5.88 Å². The first-order chi connectivity index (χ1) is 9.22. The van der Waals surface area contributed by atoms with Crippen LogP contribution in [0.25, 0.3) is 11.2 Å². The molecule has 0 N–H and O–H groups in total. The lowest BCUT2D eigenvalue weighted by atomic mass is 10.00. The molecule has 4 nitrogen and oxygen atoms in total. The highest BCUT2D eigenvalue weighted by atomic mass is 35.5. The van der Waals surface area contributed by atoms with Crippen LogP contribution in [0.5, 0.6) is 0 Å². The molecular weight excluding hydrogens is 260 g/mol. The Morgan fingerprint density at radius 2 is 2.05 bits per heavy atom. The number of fused-ring (bicyclic) bond motifs is 1. The molecule has 1 aliphatic heterocycles. The zero-order chi connectivity index (χ0) is 13.4. The highest BCUT2D eigenvalue weighted by Gasteiger charge is 2.28. The molecule has 0 aromatic carbocycles. The quantitative estimate of drug-likeness (QED) is 0.792. The molecule has 1 fully saturated rings. The van der Waals surface area contributed by atoms with E-state index in [-0.39, 0.29) is 0 Å². The average molecular weight is 279 g/mol. The van der Waals surface area contributed by atoms with Crippen LogP contribution in [0, 0.1) is 0 Å². The summed E-state index contributed by atoms with van der Waals surface area (Å²) in [6.07, 6.45) is 5.52. The molecule has 2 unspecified atom stereocenters. The van der Waals surface area contributed by atoms with E-state index in [2.05, 4.69) is 33.5 Å². The maximum Gasteiger partial charge on any atom is 0.179 e. The van der Waals surface area contributed by atoms with Gasteiger partial charge in [0.1, 0.15) is 11.3 Å². The Balaban J connectivity index is 2.16. The van der Waals surface area contributed by atoms with E-state index in [1.165, 1.54) is 19.3 Å². The fourth-order valence-corrected chi connectivity index (χ4v) is 3.25. The van der Waals surface area contributed by atoms with Crippen LogP contribution in [-0.4, -0.2) is 26.7 Å². The van der Waals surface area contributed by atoms with Crippen molar-refractivity contribution in [2.24, 2.45) is 0 Å². The fourth-order valence-electron chi connectivity index (χ4n) is 3.08. The van der Waals surface area contributed by atoms with E-state index in [4.69, 9.17) is 11.6 Å². The molecule has 2 atom stereocenters. The predicted octanol–water partition coefficient (Wildman–Crippen LogP) is 3.07. The van der Waals surface area contributed by atoms with Crippen molar-refractivity contribution in [3.63, 3.8) is 0 Å². The van der Waals surface area contributed by atoms with E-state index in [0.29, 0.717) is 18.0 Å². The van der Waals surface area contributed by atoms with E-state index in [1.807, 2.05) is 18.3 Å². The van der Waals surface area contributed by atoms with Crippen LogP contribution >= 0.6 is 11.6 Å². The van der Waals surface area contributed by atoms with Gasteiger partial charge in [0, 0.05) is 18.3 Å². The van der Waals surface area contributed by atoms with Crippen LogP contribution in [0.1, 0.15) is 38.9 Å². The summed E-state index contributed by atoms with van der Waals surface area (Å²) in [5.74, 6) is 1.29. The number of aromatic nitrogens is 3. The second kappa shape index (κ2) is 5.00. The molecule has 0 aliphatic carbocycles. The minimum Gasteiger partial charge on any atom is -0.304 e. The third kappa shape index (κ3) is 2.08. The normalized spacial score (nSPS) is 24.1. The van der Waals surface area contributed by atoms with Gasteiger partial charge in [-0.15, -0.1) is 11.6 Å².